The van der Waals surface area contributed by atoms with Crippen molar-refractivity contribution >= 4 is 0 Å². The molecule has 0 heterocycles. The third kappa shape index (κ3) is 3.06. The van der Waals surface area contributed by atoms with Crippen LogP contribution in [0.5, 0.6) is 0 Å². The number of rotatable bonds is 4. The summed E-state index contributed by atoms with van der Waals surface area (Å²) in [6, 6.07) is 0. The third-order valence-corrected chi connectivity index (χ3v) is 2.48. The Balaban J connectivity index is 2.77. The third-order valence-electron chi connectivity index (χ3n) is 2.48. The smallest absolute Gasteiger partial charge is 0.0365 e. The predicted molar refractivity (Wildman–Crippen MR) is 63.1 cm³/mol. The zero-order valence-electron chi connectivity index (χ0n) is 9.59. The molecule has 0 amide bonds. The van der Waals surface area contributed by atoms with Crippen LogP contribution in [0, 0.1) is 0 Å². The fourth-order valence-electron chi connectivity index (χ4n) is 1.72. The van der Waals surface area contributed by atoms with Crippen LogP contribution in [0.4, 0.5) is 0 Å². The van der Waals surface area contributed by atoms with Crippen molar-refractivity contribution in [3.05, 3.63) is 35.6 Å². The minimum atomic E-state index is 1.06. The highest BCUT2D eigenvalue weighted by atomic mass is 15.1. The highest BCUT2D eigenvalue weighted by molar-refractivity contribution is 5.31. The number of likely N-dealkylation sites (N-methyl/N-ethyl adjacent to an activating group) is 1. The summed E-state index contributed by atoms with van der Waals surface area (Å²) in [5.74, 6) is 0. The molecule has 0 saturated carbocycles. The zero-order chi connectivity index (χ0) is 10.4. The highest BCUT2D eigenvalue weighted by Gasteiger charge is 2.04. The molecule has 14 heavy (non-hydrogen) atoms. The standard InChI is InChI=1S/C13H21N/c1-4-10-14(5-2)13-9-7-6-8-12(3)11-13/h7-9,11H,4-6,10H2,1-3H3. The molecule has 0 unspecified atom stereocenters. The molecule has 0 spiro atoms. The molecular weight excluding hydrogens is 170 g/mol. The molecule has 0 bridgehead atoms. The van der Waals surface area contributed by atoms with Crippen molar-refractivity contribution in [2.24, 2.45) is 0 Å². The monoisotopic (exact) mass is 191 g/mol. The van der Waals surface area contributed by atoms with Crippen LogP contribution in [0.25, 0.3) is 0 Å². The lowest BCUT2D eigenvalue weighted by molar-refractivity contribution is 0.373. The summed E-state index contributed by atoms with van der Waals surface area (Å²) in [5, 5.41) is 0. The van der Waals surface area contributed by atoms with Crippen LogP contribution < -0.4 is 0 Å². The van der Waals surface area contributed by atoms with Gasteiger partial charge in [0, 0.05) is 18.8 Å². The molecule has 0 radical (unpaired) electrons. The molecule has 1 rings (SSSR count). The first-order chi connectivity index (χ1) is 6.77. The molecule has 1 nitrogen and oxygen atoms in total. The zero-order valence-corrected chi connectivity index (χ0v) is 9.59. The Morgan fingerprint density at radius 2 is 2.14 bits per heavy atom. The van der Waals surface area contributed by atoms with E-state index in [9.17, 15) is 0 Å². The average Bonchev–Trinajstić information content (AvgIpc) is 2.39. The van der Waals surface area contributed by atoms with E-state index in [2.05, 4.69) is 50.0 Å². The SMILES string of the molecule is CCCN(CC)C1=CC(C)=CCC=C1. The summed E-state index contributed by atoms with van der Waals surface area (Å²) in [6.45, 7) is 8.87. The van der Waals surface area contributed by atoms with Crippen molar-refractivity contribution in [2.45, 2.75) is 33.6 Å². The van der Waals surface area contributed by atoms with Gasteiger partial charge in [-0.3, -0.25) is 0 Å². The molecule has 1 aliphatic carbocycles. The molecule has 0 N–H and O–H groups in total. The minimum absolute atomic E-state index is 1.06. The van der Waals surface area contributed by atoms with E-state index >= 15 is 0 Å². The first-order valence-corrected chi connectivity index (χ1v) is 5.57. The topological polar surface area (TPSA) is 3.24 Å². The second kappa shape index (κ2) is 5.69. The second-order valence-corrected chi connectivity index (χ2v) is 3.74. The fraction of sp³-hybridized carbons (Fsp3) is 0.538. The molecule has 0 fully saturated rings. The summed E-state index contributed by atoms with van der Waals surface area (Å²) in [4.78, 5) is 2.43. The van der Waals surface area contributed by atoms with Gasteiger partial charge in [-0.25, -0.2) is 0 Å². The summed E-state index contributed by atoms with van der Waals surface area (Å²) in [7, 11) is 0. The molecule has 0 saturated heterocycles. The van der Waals surface area contributed by atoms with Crippen LogP contribution in [-0.2, 0) is 0 Å². The van der Waals surface area contributed by atoms with Gasteiger partial charge in [-0.1, -0.05) is 24.6 Å². The van der Waals surface area contributed by atoms with Crippen LogP contribution in [0.2, 0.25) is 0 Å². The van der Waals surface area contributed by atoms with Crippen molar-refractivity contribution < 1.29 is 0 Å². The lowest BCUT2D eigenvalue weighted by Gasteiger charge is -2.23. The Morgan fingerprint density at radius 1 is 1.36 bits per heavy atom. The number of allylic oxidation sites excluding steroid dienone is 5. The number of nitrogens with zero attached hydrogens (tertiary/aromatic N) is 1. The summed E-state index contributed by atoms with van der Waals surface area (Å²) in [6.07, 6.45) is 11.3. The van der Waals surface area contributed by atoms with Gasteiger partial charge in [-0.15, -0.1) is 0 Å². The molecule has 1 heteroatoms. The first-order valence-electron chi connectivity index (χ1n) is 5.57. The Bertz CT molecular complexity index is 258. The van der Waals surface area contributed by atoms with E-state index < -0.39 is 0 Å². The Labute approximate surface area is 87.8 Å². The van der Waals surface area contributed by atoms with Crippen LogP contribution in [0.1, 0.15) is 33.6 Å². The van der Waals surface area contributed by atoms with E-state index in [0.29, 0.717) is 0 Å². The van der Waals surface area contributed by atoms with Crippen LogP contribution in [0.3, 0.4) is 0 Å². The molecule has 0 aliphatic heterocycles. The Kier molecular flexibility index (Phi) is 4.51. The van der Waals surface area contributed by atoms with E-state index in [1.807, 2.05) is 0 Å². The maximum Gasteiger partial charge on any atom is 0.0365 e. The molecule has 1 aliphatic rings. The van der Waals surface area contributed by atoms with Gasteiger partial charge in [0.1, 0.15) is 0 Å². The van der Waals surface area contributed by atoms with Gasteiger partial charge < -0.3 is 4.90 Å². The Hall–Kier alpha value is -0.980. The first kappa shape index (κ1) is 11.1. The summed E-state index contributed by atoms with van der Waals surface area (Å²) >= 11 is 0. The molecule has 0 aromatic heterocycles. The largest absolute Gasteiger partial charge is 0.372 e. The minimum Gasteiger partial charge on any atom is -0.372 e. The van der Waals surface area contributed by atoms with Gasteiger partial charge in [0.15, 0.2) is 0 Å². The highest BCUT2D eigenvalue weighted by Crippen LogP contribution is 2.14. The molecular formula is C13H21N. The van der Waals surface area contributed by atoms with E-state index in [4.69, 9.17) is 0 Å². The lowest BCUT2D eigenvalue weighted by Crippen LogP contribution is -2.22. The van der Waals surface area contributed by atoms with Crippen molar-refractivity contribution in [1.82, 2.24) is 4.90 Å². The number of hydrogen-bond donors (Lipinski definition) is 0. The van der Waals surface area contributed by atoms with E-state index in [0.717, 1.165) is 19.5 Å². The van der Waals surface area contributed by atoms with Crippen molar-refractivity contribution in [1.29, 1.82) is 0 Å². The number of hydrogen-bond acceptors (Lipinski definition) is 1. The van der Waals surface area contributed by atoms with Gasteiger partial charge in [0.2, 0.25) is 0 Å². The van der Waals surface area contributed by atoms with Crippen molar-refractivity contribution in [3.63, 3.8) is 0 Å². The fourth-order valence-corrected chi connectivity index (χ4v) is 1.72. The maximum atomic E-state index is 2.43. The van der Waals surface area contributed by atoms with Crippen molar-refractivity contribution in [2.75, 3.05) is 13.1 Å². The van der Waals surface area contributed by atoms with Crippen LogP contribution >= 0.6 is 0 Å². The van der Waals surface area contributed by atoms with Gasteiger partial charge in [0.05, 0.1) is 0 Å². The summed E-state index contributed by atoms with van der Waals surface area (Å²) in [5.41, 5.74) is 2.74. The van der Waals surface area contributed by atoms with Gasteiger partial charge in [-0.05, 0) is 38.8 Å². The van der Waals surface area contributed by atoms with Crippen LogP contribution in [0.15, 0.2) is 35.6 Å². The van der Waals surface area contributed by atoms with E-state index in [-0.39, 0.29) is 0 Å². The Morgan fingerprint density at radius 3 is 2.79 bits per heavy atom. The quantitative estimate of drug-likeness (QED) is 0.657. The molecule has 0 aromatic rings. The summed E-state index contributed by atoms with van der Waals surface area (Å²) < 4.78 is 0. The van der Waals surface area contributed by atoms with Crippen LogP contribution in [-0.4, -0.2) is 18.0 Å². The van der Waals surface area contributed by atoms with Gasteiger partial charge >= 0.3 is 0 Å². The lowest BCUT2D eigenvalue weighted by atomic mass is 10.2. The predicted octanol–water partition coefficient (Wildman–Crippen LogP) is 3.51. The van der Waals surface area contributed by atoms with E-state index in [1.54, 1.807) is 0 Å². The second-order valence-electron chi connectivity index (χ2n) is 3.74. The van der Waals surface area contributed by atoms with Crippen molar-refractivity contribution in [3.8, 4) is 0 Å². The molecule has 78 valence electrons. The molecule has 0 atom stereocenters. The van der Waals surface area contributed by atoms with E-state index in [1.165, 1.54) is 17.7 Å². The average molecular weight is 191 g/mol. The van der Waals surface area contributed by atoms with Gasteiger partial charge in [0.25, 0.3) is 0 Å². The van der Waals surface area contributed by atoms with Gasteiger partial charge in [-0.2, -0.15) is 0 Å². The molecule has 0 aromatic carbocycles. The maximum absolute atomic E-state index is 2.43. The normalized spacial score (nSPS) is 15.9.